The topological polar surface area (TPSA) is 71.8 Å². The zero-order valence-electron chi connectivity index (χ0n) is 16.5. The lowest BCUT2D eigenvalue weighted by molar-refractivity contribution is 0.250. The summed E-state index contributed by atoms with van der Waals surface area (Å²) < 4.78 is 3.61. The molecule has 0 unspecified atom stereocenters. The number of pyridine rings is 1. The Balaban J connectivity index is 1.58. The van der Waals surface area contributed by atoms with Crippen molar-refractivity contribution in [1.82, 2.24) is 18.9 Å². The van der Waals surface area contributed by atoms with Gasteiger partial charge < -0.3 is 19.9 Å². The summed E-state index contributed by atoms with van der Waals surface area (Å²) in [5.74, 6) is 0.671. The molecule has 0 spiro atoms. The Morgan fingerprint density at radius 2 is 1.90 bits per heavy atom. The van der Waals surface area contributed by atoms with E-state index in [-0.39, 0.29) is 0 Å². The van der Waals surface area contributed by atoms with Crippen LogP contribution in [0.3, 0.4) is 0 Å². The molecule has 2 N–H and O–H groups in total. The third-order valence-electron chi connectivity index (χ3n) is 5.75. The van der Waals surface area contributed by atoms with Gasteiger partial charge in [-0.3, -0.25) is 0 Å². The molecule has 4 heterocycles. The summed E-state index contributed by atoms with van der Waals surface area (Å²) in [6.45, 7) is 3.91. The second-order valence-electron chi connectivity index (χ2n) is 7.69. The van der Waals surface area contributed by atoms with Crippen LogP contribution in [0.5, 0.6) is 0 Å². The first-order chi connectivity index (χ1) is 14.1. The molecule has 0 atom stereocenters. The number of nitrogens with two attached hydrogens (primary N) is 1. The number of para-hydroxylation sites is 1. The molecule has 4 aromatic rings. The quantitative estimate of drug-likeness (QED) is 0.586. The SMILES string of the molecule is CN1CCN(c2cccc3c2nc(Cc2ccn4cccc4c2)n3C(N)=O)CC1. The predicted octanol–water partition coefficient (Wildman–Crippen LogP) is 2.56. The van der Waals surface area contributed by atoms with Gasteiger partial charge in [-0.25, -0.2) is 14.3 Å². The molecule has 1 aromatic carbocycles. The van der Waals surface area contributed by atoms with E-state index in [1.807, 2.05) is 30.6 Å². The van der Waals surface area contributed by atoms with Gasteiger partial charge in [-0.2, -0.15) is 0 Å². The second-order valence-corrected chi connectivity index (χ2v) is 7.69. The monoisotopic (exact) mass is 388 g/mol. The minimum atomic E-state index is -0.498. The molecule has 1 aliphatic rings. The summed E-state index contributed by atoms with van der Waals surface area (Å²) in [6.07, 6.45) is 4.58. The number of fused-ring (bicyclic) bond motifs is 2. The van der Waals surface area contributed by atoms with Crippen LogP contribution in [0.1, 0.15) is 11.4 Å². The molecule has 7 heteroatoms. The van der Waals surface area contributed by atoms with Crippen molar-refractivity contribution in [3.05, 3.63) is 66.2 Å². The van der Waals surface area contributed by atoms with Gasteiger partial charge in [0, 0.05) is 50.5 Å². The lowest BCUT2D eigenvalue weighted by atomic mass is 10.2. The van der Waals surface area contributed by atoms with Gasteiger partial charge in [0.1, 0.15) is 11.3 Å². The Morgan fingerprint density at radius 3 is 2.69 bits per heavy atom. The number of nitrogens with zero attached hydrogens (tertiary/aromatic N) is 5. The van der Waals surface area contributed by atoms with Gasteiger partial charge in [0.2, 0.25) is 0 Å². The van der Waals surface area contributed by atoms with Crippen LogP contribution in [-0.2, 0) is 6.42 Å². The maximum Gasteiger partial charge on any atom is 0.324 e. The molecule has 5 rings (SSSR count). The first-order valence-corrected chi connectivity index (χ1v) is 9.89. The summed E-state index contributed by atoms with van der Waals surface area (Å²) in [6, 6.07) is 13.7. The first-order valence-electron chi connectivity index (χ1n) is 9.89. The molecule has 3 aromatic heterocycles. The van der Waals surface area contributed by atoms with E-state index in [1.165, 1.54) is 0 Å². The first kappa shape index (κ1) is 17.8. The van der Waals surface area contributed by atoms with E-state index < -0.39 is 6.03 Å². The van der Waals surface area contributed by atoms with Crippen molar-refractivity contribution in [2.75, 3.05) is 38.1 Å². The van der Waals surface area contributed by atoms with Gasteiger partial charge in [0.25, 0.3) is 0 Å². The van der Waals surface area contributed by atoms with E-state index >= 15 is 0 Å². The number of likely N-dealkylation sites (N-methyl/N-ethyl adjacent to an activating group) is 1. The summed E-state index contributed by atoms with van der Waals surface area (Å²) in [5.41, 5.74) is 10.6. The van der Waals surface area contributed by atoms with Gasteiger partial charge in [0.15, 0.2) is 0 Å². The number of benzene rings is 1. The Hall–Kier alpha value is -3.32. The number of anilines is 1. The maximum atomic E-state index is 12.3. The fraction of sp³-hybridized carbons (Fsp3) is 0.273. The molecule has 1 saturated heterocycles. The summed E-state index contributed by atoms with van der Waals surface area (Å²) in [4.78, 5) is 21.9. The number of carbonyl (C=O) groups is 1. The lowest BCUT2D eigenvalue weighted by Crippen LogP contribution is -2.44. The van der Waals surface area contributed by atoms with E-state index in [4.69, 9.17) is 10.7 Å². The Bertz CT molecular complexity index is 1200. The van der Waals surface area contributed by atoms with Gasteiger partial charge in [-0.1, -0.05) is 6.07 Å². The number of hydrogen-bond donors (Lipinski definition) is 1. The Labute approximate surface area is 168 Å². The average molecular weight is 388 g/mol. The van der Waals surface area contributed by atoms with Crippen molar-refractivity contribution in [1.29, 1.82) is 0 Å². The van der Waals surface area contributed by atoms with Gasteiger partial charge in [-0.15, -0.1) is 0 Å². The largest absolute Gasteiger partial charge is 0.367 e. The zero-order chi connectivity index (χ0) is 20.0. The summed E-state index contributed by atoms with van der Waals surface area (Å²) in [7, 11) is 2.14. The van der Waals surface area contributed by atoms with Gasteiger partial charge in [-0.05, 0) is 49.0 Å². The van der Waals surface area contributed by atoms with Gasteiger partial charge >= 0.3 is 6.03 Å². The number of rotatable bonds is 3. The van der Waals surface area contributed by atoms with Crippen LogP contribution in [0.15, 0.2) is 54.9 Å². The third-order valence-corrected chi connectivity index (χ3v) is 5.75. The van der Waals surface area contributed by atoms with E-state index in [1.54, 1.807) is 4.57 Å². The fourth-order valence-electron chi connectivity index (χ4n) is 4.17. The van der Waals surface area contributed by atoms with Crippen molar-refractivity contribution >= 4 is 28.3 Å². The number of aromatic nitrogens is 3. The minimum absolute atomic E-state index is 0.498. The van der Waals surface area contributed by atoms with Crippen LogP contribution >= 0.6 is 0 Å². The van der Waals surface area contributed by atoms with E-state index in [0.717, 1.165) is 54.0 Å². The van der Waals surface area contributed by atoms with Crippen molar-refractivity contribution < 1.29 is 4.79 Å². The highest BCUT2D eigenvalue weighted by Crippen LogP contribution is 2.29. The molecule has 7 nitrogen and oxygen atoms in total. The standard InChI is InChI=1S/C22H24N6O/c1-25-10-12-27(13-11-25)18-5-2-6-19-21(18)24-20(28(19)22(23)29)15-16-7-9-26-8-3-4-17(26)14-16/h2-9,14H,10-13,15H2,1H3,(H2,23,29). The van der Waals surface area contributed by atoms with Crippen LogP contribution in [0, 0.1) is 0 Å². The molecular formula is C22H24N6O. The number of piperazine rings is 1. The third kappa shape index (κ3) is 3.13. The molecule has 148 valence electrons. The zero-order valence-corrected chi connectivity index (χ0v) is 16.5. The van der Waals surface area contributed by atoms with Crippen LogP contribution in [0.4, 0.5) is 10.5 Å². The minimum Gasteiger partial charge on any atom is -0.367 e. The second kappa shape index (κ2) is 6.93. The van der Waals surface area contributed by atoms with Crippen LogP contribution in [0.25, 0.3) is 16.6 Å². The maximum absolute atomic E-state index is 12.3. The lowest BCUT2D eigenvalue weighted by Gasteiger charge is -2.34. The van der Waals surface area contributed by atoms with Crippen LogP contribution in [-0.4, -0.2) is 58.1 Å². The number of primary amides is 1. The molecular weight excluding hydrogens is 364 g/mol. The molecule has 1 fully saturated rings. The highest BCUT2D eigenvalue weighted by atomic mass is 16.2. The molecule has 1 aliphatic heterocycles. The molecule has 0 aliphatic carbocycles. The molecule has 0 saturated carbocycles. The molecule has 1 amide bonds. The van der Waals surface area contributed by atoms with Crippen LogP contribution < -0.4 is 10.6 Å². The van der Waals surface area contributed by atoms with E-state index in [2.05, 4.69) is 45.5 Å². The normalized spacial score (nSPS) is 15.4. The average Bonchev–Trinajstić information content (AvgIpc) is 3.32. The number of hydrogen-bond acceptors (Lipinski definition) is 4. The Kier molecular flexibility index (Phi) is 4.24. The van der Waals surface area contributed by atoms with Crippen molar-refractivity contribution in [3.63, 3.8) is 0 Å². The molecule has 0 radical (unpaired) electrons. The molecule has 0 bridgehead atoms. The van der Waals surface area contributed by atoms with Crippen LogP contribution in [0.2, 0.25) is 0 Å². The van der Waals surface area contributed by atoms with Crippen molar-refractivity contribution in [3.8, 4) is 0 Å². The summed E-state index contributed by atoms with van der Waals surface area (Å²) >= 11 is 0. The molecule has 29 heavy (non-hydrogen) atoms. The summed E-state index contributed by atoms with van der Waals surface area (Å²) in [5, 5.41) is 0. The smallest absolute Gasteiger partial charge is 0.324 e. The highest BCUT2D eigenvalue weighted by Gasteiger charge is 2.21. The number of imidazole rings is 1. The van der Waals surface area contributed by atoms with Gasteiger partial charge in [0.05, 0.1) is 11.2 Å². The predicted molar refractivity (Wildman–Crippen MR) is 115 cm³/mol. The Morgan fingerprint density at radius 1 is 1.07 bits per heavy atom. The van der Waals surface area contributed by atoms with E-state index in [9.17, 15) is 4.79 Å². The van der Waals surface area contributed by atoms with E-state index in [0.29, 0.717) is 12.2 Å². The number of amides is 1. The highest BCUT2D eigenvalue weighted by molar-refractivity contribution is 5.96. The van der Waals surface area contributed by atoms with Crippen molar-refractivity contribution in [2.45, 2.75) is 6.42 Å². The van der Waals surface area contributed by atoms with Crippen molar-refractivity contribution in [2.24, 2.45) is 5.73 Å². The number of carbonyl (C=O) groups excluding carboxylic acids is 1. The fourth-order valence-corrected chi connectivity index (χ4v) is 4.17.